The molecule has 0 radical (unpaired) electrons. The van der Waals surface area contributed by atoms with Crippen molar-refractivity contribution in [1.29, 1.82) is 0 Å². The number of hydrogen-bond acceptors (Lipinski definition) is 3. The van der Waals surface area contributed by atoms with Crippen LogP contribution in [-0.4, -0.2) is 28.2 Å². The molecule has 3 N–H and O–H groups in total. The van der Waals surface area contributed by atoms with Gasteiger partial charge in [0.05, 0.1) is 6.42 Å². The summed E-state index contributed by atoms with van der Waals surface area (Å²) >= 11 is 0. The second-order valence-corrected chi connectivity index (χ2v) is 3.54. The number of carboxylic acid groups (broad SMARTS) is 1. The normalized spacial score (nSPS) is 12.2. The maximum atomic E-state index is 10.5. The third-order valence-electron chi connectivity index (χ3n) is 2.28. The molecule has 0 saturated carbocycles. The lowest BCUT2D eigenvalue weighted by molar-refractivity contribution is -0.137. The van der Waals surface area contributed by atoms with E-state index in [1.165, 1.54) is 0 Å². The van der Waals surface area contributed by atoms with Gasteiger partial charge in [-0.05, 0) is 16.9 Å². The van der Waals surface area contributed by atoms with E-state index in [-0.39, 0.29) is 12.3 Å². The molecule has 1 unspecified atom stereocenters. The maximum Gasteiger partial charge on any atom is 0.488 e. The molecule has 0 amide bonds. The largest absolute Gasteiger partial charge is 0.488 e. The van der Waals surface area contributed by atoms with Crippen molar-refractivity contribution >= 4 is 18.6 Å². The zero-order valence-corrected chi connectivity index (χ0v) is 8.42. The van der Waals surface area contributed by atoms with Crippen molar-refractivity contribution in [2.75, 3.05) is 0 Å². The van der Waals surface area contributed by atoms with Gasteiger partial charge in [-0.15, -0.1) is 0 Å². The van der Waals surface area contributed by atoms with Gasteiger partial charge < -0.3 is 15.2 Å². The first kappa shape index (κ1) is 11.7. The molecule has 0 aliphatic carbocycles. The number of rotatable bonds is 4. The molecule has 0 saturated heterocycles. The minimum atomic E-state index is -1.48. The molecule has 0 spiro atoms. The standard InChI is InChI=1S/C10H13BO4/c1-7(6-10(12)13)8-2-4-9(5-3-8)11(14)15/h2-5,7,14-15H,6H2,1H3,(H,12,13). The van der Waals surface area contributed by atoms with Crippen LogP contribution < -0.4 is 5.46 Å². The van der Waals surface area contributed by atoms with E-state index in [9.17, 15) is 4.79 Å². The van der Waals surface area contributed by atoms with Crippen molar-refractivity contribution < 1.29 is 19.9 Å². The molecule has 1 aromatic rings. The van der Waals surface area contributed by atoms with E-state index in [0.717, 1.165) is 5.56 Å². The molecule has 5 heteroatoms. The highest BCUT2D eigenvalue weighted by Crippen LogP contribution is 2.17. The van der Waals surface area contributed by atoms with Gasteiger partial charge in [-0.25, -0.2) is 0 Å². The third-order valence-corrected chi connectivity index (χ3v) is 2.28. The van der Waals surface area contributed by atoms with Crippen LogP contribution in [0.25, 0.3) is 0 Å². The second kappa shape index (κ2) is 4.95. The summed E-state index contributed by atoms with van der Waals surface area (Å²) in [5.74, 6) is -0.916. The number of carbonyl (C=O) groups is 1. The van der Waals surface area contributed by atoms with Gasteiger partial charge in [-0.2, -0.15) is 0 Å². The molecule has 1 rings (SSSR count). The minimum Gasteiger partial charge on any atom is -0.481 e. The molecular formula is C10H13BO4. The molecule has 0 aliphatic heterocycles. The molecule has 80 valence electrons. The van der Waals surface area contributed by atoms with Crippen LogP contribution in [0.15, 0.2) is 24.3 Å². The lowest BCUT2D eigenvalue weighted by atomic mass is 9.79. The van der Waals surface area contributed by atoms with Crippen LogP contribution in [0.1, 0.15) is 24.8 Å². The van der Waals surface area contributed by atoms with E-state index in [1.54, 1.807) is 24.3 Å². The Balaban J connectivity index is 2.75. The summed E-state index contributed by atoms with van der Waals surface area (Å²) in [5.41, 5.74) is 1.28. The molecular weight excluding hydrogens is 195 g/mol. The number of carboxylic acids is 1. The molecule has 0 heterocycles. The summed E-state index contributed by atoms with van der Waals surface area (Å²) in [6, 6.07) is 6.58. The summed E-state index contributed by atoms with van der Waals surface area (Å²) in [4.78, 5) is 10.5. The maximum absolute atomic E-state index is 10.5. The summed E-state index contributed by atoms with van der Waals surface area (Å²) in [6.07, 6.45) is 0.0705. The average Bonchev–Trinajstić information content (AvgIpc) is 2.17. The van der Waals surface area contributed by atoms with Crippen LogP contribution in [0.4, 0.5) is 0 Å². The van der Waals surface area contributed by atoms with Crippen molar-refractivity contribution in [2.45, 2.75) is 19.3 Å². The van der Waals surface area contributed by atoms with E-state index in [0.29, 0.717) is 5.46 Å². The van der Waals surface area contributed by atoms with Gasteiger partial charge in [-0.1, -0.05) is 31.2 Å². The number of aliphatic carboxylic acids is 1. The highest BCUT2D eigenvalue weighted by Gasteiger charge is 2.13. The molecule has 4 nitrogen and oxygen atoms in total. The van der Waals surface area contributed by atoms with Crippen LogP contribution in [0, 0.1) is 0 Å². The highest BCUT2D eigenvalue weighted by atomic mass is 16.4. The monoisotopic (exact) mass is 208 g/mol. The summed E-state index contributed by atoms with van der Waals surface area (Å²) < 4.78 is 0. The van der Waals surface area contributed by atoms with Gasteiger partial charge in [0.2, 0.25) is 0 Å². The molecule has 0 bridgehead atoms. The van der Waals surface area contributed by atoms with Crippen LogP contribution in [0.3, 0.4) is 0 Å². The van der Waals surface area contributed by atoms with E-state index in [2.05, 4.69) is 0 Å². The van der Waals surface area contributed by atoms with Gasteiger partial charge in [0.15, 0.2) is 0 Å². The van der Waals surface area contributed by atoms with Crippen LogP contribution in [-0.2, 0) is 4.79 Å². The predicted octanol–water partition coefficient (Wildman–Crippen LogP) is -0.0554. The summed E-state index contributed by atoms with van der Waals surface area (Å²) in [6.45, 7) is 1.82. The van der Waals surface area contributed by atoms with Crippen molar-refractivity contribution in [3.63, 3.8) is 0 Å². The van der Waals surface area contributed by atoms with Gasteiger partial charge in [0.25, 0.3) is 0 Å². The molecule has 0 aliphatic rings. The van der Waals surface area contributed by atoms with Gasteiger partial charge in [0.1, 0.15) is 0 Å². The van der Waals surface area contributed by atoms with Gasteiger partial charge >= 0.3 is 13.1 Å². The Labute approximate surface area is 88.3 Å². The van der Waals surface area contributed by atoms with Crippen LogP contribution >= 0.6 is 0 Å². The topological polar surface area (TPSA) is 77.8 Å². The fourth-order valence-corrected chi connectivity index (χ4v) is 1.38. The van der Waals surface area contributed by atoms with Crippen LogP contribution in [0.2, 0.25) is 0 Å². The zero-order valence-electron chi connectivity index (χ0n) is 8.42. The zero-order chi connectivity index (χ0) is 11.4. The smallest absolute Gasteiger partial charge is 0.481 e. The third kappa shape index (κ3) is 3.38. The minimum absolute atomic E-state index is 0.0705. The first-order chi connectivity index (χ1) is 7.00. The first-order valence-electron chi connectivity index (χ1n) is 4.68. The van der Waals surface area contributed by atoms with Crippen molar-refractivity contribution in [2.24, 2.45) is 0 Å². The highest BCUT2D eigenvalue weighted by molar-refractivity contribution is 6.58. The molecule has 0 aromatic heterocycles. The van der Waals surface area contributed by atoms with Crippen molar-refractivity contribution in [1.82, 2.24) is 0 Å². The number of benzene rings is 1. The summed E-state index contributed by atoms with van der Waals surface area (Å²) in [5, 5.41) is 26.3. The lowest BCUT2D eigenvalue weighted by Gasteiger charge is -2.09. The lowest BCUT2D eigenvalue weighted by Crippen LogP contribution is -2.29. The Bertz CT molecular complexity index is 334. The van der Waals surface area contributed by atoms with E-state index in [4.69, 9.17) is 15.2 Å². The summed E-state index contributed by atoms with van der Waals surface area (Å²) in [7, 11) is -1.48. The van der Waals surface area contributed by atoms with E-state index >= 15 is 0 Å². The Morgan fingerprint density at radius 1 is 1.33 bits per heavy atom. The quantitative estimate of drug-likeness (QED) is 0.606. The SMILES string of the molecule is CC(CC(=O)O)c1ccc(B(O)O)cc1. The Morgan fingerprint density at radius 2 is 1.87 bits per heavy atom. The van der Waals surface area contributed by atoms with Gasteiger partial charge in [-0.3, -0.25) is 4.79 Å². The Kier molecular flexibility index (Phi) is 3.88. The first-order valence-corrected chi connectivity index (χ1v) is 4.68. The molecule has 15 heavy (non-hydrogen) atoms. The molecule has 0 fully saturated rings. The predicted molar refractivity (Wildman–Crippen MR) is 56.9 cm³/mol. The Morgan fingerprint density at radius 3 is 2.27 bits per heavy atom. The molecule has 1 atom stereocenters. The van der Waals surface area contributed by atoms with E-state index in [1.807, 2.05) is 6.92 Å². The average molecular weight is 208 g/mol. The Hall–Kier alpha value is -1.33. The fraction of sp³-hybridized carbons (Fsp3) is 0.300. The second-order valence-electron chi connectivity index (χ2n) is 3.54. The van der Waals surface area contributed by atoms with E-state index < -0.39 is 13.1 Å². The molecule has 1 aromatic carbocycles. The fourth-order valence-electron chi connectivity index (χ4n) is 1.38. The van der Waals surface area contributed by atoms with Crippen molar-refractivity contribution in [3.05, 3.63) is 29.8 Å². The van der Waals surface area contributed by atoms with Crippen LogP contribution in [0.5, 0.6) is 0 Å². The van der Waals surface area contributed by atoms with Crippen molar-refractivity contribution in [3.8, 4) is 0 Å². The number of hydrogen-bond donors (Lipinski definition) is 3. The van der Waals surface area contributed by atoms with Gasteiger partial charge in [0, 0.05) is 0 Å².